The summed E-state index contributed by atoms with van der Waals surface area (Å²) in [6, 6.07) is 15.0. The van der Waals surface area contributed by atoms with Crippen molar-refractivity contribution in [3.63, 3.8) is 0 Å². The molecule has 5 N–H and O–H groups in total. The SMILES string of the molecule is Cc1cc(Oc2cc(Oc3ccc(N)c(C)c3)cc(C(=O)O)c2)ccc1N. The van der Waals surface area contributed by atoms with Crippen LogP contribution >= 0.6 is 0 Å². The molecule has 3 rings (SSSR count). The van der Waals surface area contributed by atoms with Crippen LogP contribution in [0.1, 0.15) is 21.5 Å². The lowest BCUT2D eigenvalue weighted by Crippen LogP contribution is -1.99. The quantitative estimate of drug-likeness (QED) is 0.564. The summed E-state index contributed by atoms with van der Waals surface area (Å²) in [7, 11) is 0. The van der Waals surface area contributed by atoms with Crippen molar-refractivity contribution in [3.8, 4) is 23.0 Å². The van der Waals surface area contributed by atoms with Gasteiger partial charge in [0.1, 0.15) is 23.0 Å². The fraction of sp³-hybridized carbons (Fsp3) is 0.0952. The van der Waals surface area contributed by atoms with Crippen LogP contribution in [0.25, 0.3) is 0 Å². The molecule has 0 radical (unpaired) electrons. The van der Waals surface area contributed by atoms with Crippen molar-refractivity contribution in [2.75, 3.05) is 11.5 Å². The highest BCUT2D eigenvalue weighted by Gasteiger charge is 2.11. The third kappa shape index (κ3) is 4.30. The molecule has 0 bridgehead atoms. The summed E-state index contributed by atoms with van der Waals surface area (Å²) in [6.45, 7) is 3.74. The van der Waals surface area contributed by atoms with Gasteiger partial charge in [-0.15, -0.1) is 0 Å². The van der Waals surface area contributed by atoms with Crippen LogP contribution in [0.4, 0.5) is 11.4 Å². The molecular weight excluding hydrogens is 344 g/mol. The molecule has 6 heteroatoms. The molecule has 0 atom stereocenters. The molecule has 3 aromatic rings. The number of carbonyl (C=O) groups is 1. The highest BCUT2D eigenvalue weighted by atomic mass is 16.5. The van der Waals surface area contributed by atoms with Crippen LogP contribution in [0.15, 0.2) is 54.6 Å². The first-order chi connectivity index (χ1) is 12.8. The molecule has 3 aromatic carbocycles. The Morgan fingerprint density at radius 3 is 1.56 bits per heavy atom. The van der Waals surface area contributed by atoms with Gasteiger partial charge >= 0.3 is 5.97 Å². The zero-order chi connectivity index (χ0) is 19.6. The number of nitrogens with two attached hydrogens (primary N) is 2. The van der Waals surface area contributed by atoms with Gasteiger partial charge in [0.05, 0.1) is 5.56 Å². The number of aromatic carboxylic acids is 1. The van der Waals surface area contributed by atoms with Gasteiger partial charge in [0.2, 0.25) is 0 Å². The molecular formula is C21H20N2O4. The topological polar surface area (TPSA) is 108 Å². The monoisotopic (exact) mass is 364 g/mol. The Labute approximate surface area is 157 Å². The molecule has 0 spiro atoms. The first-order valence-corrected chi connectivity index (χ1v) is 8.28. The van der Waals surface area contributed by atoms with Gasteiger partial charge in [-0.25, -0.2) is 4.79 Å². The highest BCUT2D eigenvalue weighted by molar-refractivity contribution is 5.88. The molecule has 6 nitrogen and oxygen atoms in total. The second-order valence-electron chi connectivity index (χ2n) is 6.24. The van der Waals surface area contributed by atoms with Gasteiger partial charge in [0.25, 0.3) is 0 Å². The molecule has 138 valence electrons. The van der Waals surface area contributed by atoms with Crippen LogP contribution < -0.4 is 20.9 Å². The summed E-state index contributed by atoms with van der Waals surface area (Å²) >= 11 is 0. The van der Waals surface area contributed by atoms with E-state index in [-0.39, 0.29) is 5.56 Å². The predicted molar refractivity (Wildman–Crippen MR) is 105 cm³/mol. The first kappa shape index (κ1) is 18.1. The number of hydrogen-bond donors (Lipinski definition) is 3. The van der Waals surface area contributed by atoms with E-state index in [1.807, 2.05) is 13.8 Å². The van der Waals surface area contributed by atoms with Gasteiger partial charge in [0.15, 0.2) is 0 Å². The first-order valence-electron chi connectivity index (χ1n) is 8.28. The summed E-state index contributed by atoms with van der Waals surface area (Å²) in [6.07, 6.45) is 0. The molecule has 0 amide bonds. The average molecular weight is 364 g/mol. The van der Waals surface area contributed by atoms with Crippen LogP contribution in [-0.4, -0.2) is 11.1 Å². The van der Waals surface area contributed by atoms with E-state index < -0.39 is 5.97 Å². The van der Waals surface area contributed by atoms with E-state index in [9.17, 15) is 9.90 Å². The number of hydrogen-bond acceptors (Lipinski definition) is 5. The molecule has 0 saturated heterocycles. The Morgan fingerprint density at radius 2 is 1.19 bits per heavy atom. The zero-order valence-electron chi connectivity index (χ0n) is 15.0. The van der Waals surface area contributed by atoms with Crippen molar-refractivity contribution in [3.05, 3.63) is 71.3 Å². The Hall–Kier alpha value is -3.67. The summed E-state index contributed by atoms with van der Waals surface area (Å²) < 4.78 is 11.6. The lowest BCUT2D eigenvalue weighted by atomic mass is 10.2. The number of benzene rings is 3. The van der Waals surface area contributed by atoms with Gasteiger partial charge in [-0.05, 0) is 73.5 Å². The van der Waals surface area contributed by atoms with Crippen molar-refractivity contribution in [1.29, 1.82) is 0 Å². The fourth-order valence-electron chi connectivity index (χ4n) is 2.51. The molecule has 0 heterocycles. The smallest absolute Gasteiger partial charge is 0.335 e. The maximum atomic E-state index is 11.5. The molecule has 0 saturated carbocycles. The van der Waals surface area contributed by atoms with Crippen molar-refractivity contribution < 1.29 is 19.4 Å². The van der Waals surface area contributed by atoms with E-state index in [2.05, 4.69) is 0 Å². The normalized spacial score (nSPS) is 10.4. The zero-order valence-corrected chi connectivity index (χ0v) is 15.0. The molecule has 0 unspecified atom stereocenters. The fourth-order valence-corrected chi connectivity index (χ4v) is 2.51. The van der Waals surface area contributed by atoms with Gasteiger partial charge in [-0.2, -0.15) is 0 Å². The van der Waals surface area contributed by atoms with Crippen molar-refractivity contribution in [2.24, 2.45) is 0 Å². The second-order valence-corrected chi connectivity index (χ2v) is 6.24. The van der Waals surface area contributed by atoms with Crippen LogP contribution in [-0.2, 0) is 0 Å². The minimum atomic E-state index is -1.08. The Balaban J connectivity index is 1.93. The highest BCUT2D eigenvalue weighted by Crippen LogP contribution is 2.32. The second kappa shape index (κ2) is 7.29. The van der Waals surface area contributed by atoms with E-state index in [1.165, 1.54) is 12.1 Å². The summed E-state index contributed by atoms with van der Waals surface area (Å²) in [5.41, 5.74) is 14.7. The maximum absolute atomic E-state index is 11.5. The lowest BCUT2D eigenvalue weighted by molar-refractivity contribution is 0.0696. The van der Waals surface area contributed by atoms with E-state index in [0.29, 0.717) is 34.4 Å². The number of carboxylic acids is 1. The number of anilines is 2. The Kier molecular flexibility index (Phi) is 4.90. The van der Waals surface area contributed by atoms with Crippen LogP contribution in [0.5, 0.6) is 23.0 Å². The third-order valence-corrected chi connectivity index (χ3v) is 4.08. The standard InChI is InChI=1S/C21H20N2O4/c1-12-7-15(3-5-19(12)22)26-17-9-14(21(24)25)10-18(11-17)27-16-4-6-20(23)13(2)8-16/h3-11H,22-23H2,1-2H3,(H,24,25). The molecule has 0 aliphatic carbocycles. The molecule has 0 aliphatic heterocycles. The molecule has 27 heavy (non-hydrogen) atoms. The van der Waals surface area contributed by atoms with Gasteiger partial charge < -0.3 is 26.0 Å². The molecule has 0 aliphatic rings. The minimum absolute atomic E-state index is 0.0573. The average Bonchev–Trinajstić information content (AvgIpc) is 2.61. The Bertz CT molecular complexity index is 943. The minimum Gasteiger partial charge on any atom is -0.478 e. The van der Waals surface area contributed by atoms with E-state index >= 15 is 0 Å². The van der Waals surface area contributed by atoms with Crippen LogP contribution in [0, 0.1) is 13.8 Å². The summed E-state index contributed by atoms with van der Waals surface area (Å²) in [5.74, 6) is 0.729. The number of aryl methyl sites for hydroxylation is 2. The maximum Gasteiger partial charge on any atom is 0.335 e. The van der Waals surface area contributed by atoms with E-state index in [4.69, 9.17) is 20.9 Å². The Morgan fingerprint density at radius 1 is 0.741 bits per heavy atom. The summed E-state index contributed by atoms with van der Waals surface area (Å²) in [4.78, 5) is 11.5. The van der Waals surface area contributed by atoms with Crippen LogP contribution in [0.2, 0.25) is 0 Å². The summed E-state index contributed by atoms with van der Waals surface area (Å²) in [5, 5.41) is 9.38. The van der Waals surface area contributed by atoms with Gasteiger partial charge in [0, 0.05) is 17.4 Å². The largest absolute Gasteiger partial charge is 0.478 e. The van der Waals surface area contributed by atoms with Crippen LogP contribution in [0.3, 0.4) is 0 Å². The molecule has 0 fully saturated rings. The van der Waals surface area contributed by atoms with Crippen molar-refractivity contribution in [1.82, 2.24) is 0 Å². The number of rotatable bonds is 5. The predicted octanol–water partition coefficient (Wildman–Crippen LogP) is 4.75. The van der Waals surface area contributed by atoms with Crippen molar-refractivity contribution >= 4 is 17.3 Å². The molecule has 0 aromatic heterocycles. The van der Waals surface area contributed by atoms with Crippen molar-refractivity contribution in [2.45, 2.75) is 13.8 Å². The number of ether oxygens (including phenoxy) is 2. The van der Waals surface area contributed by atoms with Gasteiger partial charge in [-0.3, -0.25) is 0 Å². The van der Waals surface area contributed by atoms with E-state index in [0.717, 1.165) is 11.1 Å². The number of nitrogen functional groups attached to an aromatic ring is 2. The van der Waals surface area contributed by atoms with Gasteiger partial charge in [-0.1, -0.05) is 0 Å². The lowest BCUT2D eigenvalue weighted by Gasteiger charge is -2.12. The number of carboxylic acid groups (broad SMARTS) is 1. The third-order valence-electron chi connectivity index (χ3n) is 4.08. The van der Waals surface area contributed by atoms with E-state index in [1.54, 1.807) is 42.5 Å².